The topological polar surface area (TPSA) is 75.0 Å². The lowest BCUT2D eigenvalue weighted by atomic mass is 10.4. The summed E-state index contributed by atoms with van der Waals surface area (Å²) in [6.07, 6.45) is 0.479. The normalized spacial score (nSPS) is 21.0. The molecule has 1 atom stereocenters. The maximum Gasteiger partial charge on any atom is 0.229 e. The van der Waals surface area contributed by atoms with E-state index in [0.717, 1.165) is 0 Å². The van der Waals surface area contributed by atoms with E-state index in [1.165, 1.54) is 0 Å². The number of hydrogen-bond donors (Lipinski definition) is 2. The Morgan fingerprint density at radius 3 is 3.00 bits per heavy atom. The number of nitrogen functional groups attached to an aromatic ring is 1. The molecule has 1 saturated heterocycles. The molecular weight excluding hydrogens is 280 g/mol. The third-order valence-electron chi connectivity index (χ3n) is 2.11. The van der Waals surface area contributed by atoms with E-state index in [4.69, 9.17) is 18.0 Å². The zero-order valence-electron chi connectivity index (χ0n) is 7.74. The average molecular weight is 289 g/mol. The number of carbonyl (C=O) groups excluding carboxylic acids is 1. The van der Waals surface area contributed by atoms with Gasteiger partial charge in [-0.3, -0.25) is 9.69 Å². The van der Waals surface area contributed by atoms with Crippen molar-refractivity contribution >= 4 is 45.7 Å². The van der Waals surface area contributed by atoms with Gasteiger partial charge in [0.15, 0.2) is 4.77 Å². The fourth-order valence-corrected chi connectivity index (χ4v) is 2.26. The largest absolute Gasteiger partial charge is 0.385 e. The molecule has 0 bridgehead atoms. The van der Waals surface area contributed by atoms with E-state index in [1.54, 1.807) is 11.0 Å². The molecule has 0 radical (unpaired) electrons. The molecule has 1 aliphatic heterocycles. The Hall–Kier alpha value is -0.950. The van der Waals surface area contributed by atoms with Crippen LogP contribution in [-0.2, 0) is 4.79 Å². The number of hydrogen-bond acceptors (Lipinski definition) is 4. The summed E-state index contributed by atoms with van der Waals surface area (Å²) in [5.41, 5.74) is 5.60. The minimum Gasteiger partial charge on any atom is -0.385 e. The Morgan fingerprint density at radius 2 is 2.47 bits per heavy atom. The molecule has 1 aromatic heterocycles. The summed E-state index contributed by atoms with van der Waals surface area (Å²) >= 11 is 8.29. The minimum absolute atomic E-state index is 0.0318. The van der Waals surface area contributed by atoms with E-state index in [9.17, 15) is 4.79 Å². The van der Waals surface area contributed by atoms with Gasteiger partial charge in [0.1, 0.15) is 11.6 Å². The maximum atomic E-state index is 11.6. The first-order valence-corrected chi connectivity index (χ1v) is 5.70. The highest BCUT2D eigenvalue weighted by Crippen LogP contribution is 2.23. The first-order valence-electron chi connectivity index (χ1n) is 4.37. The monoisotopic (exact) mass is 288 g/mol. The second kappa shape index (κ2) is 3.90. The number of H-pyrrole nitrogens is 1. The van der Waals surface area contributed by atoms with Gasteiger partial charge in [-0.2, -0.15) is 0 Å². The van der Waals surface area contributed by atoms with Crippen LogP contribution in [0.5, 0.6) is 0 Å². The van der Waals surface area contributed by atoms with Gasteiger partial charge < -0.3 is 10.7 Å². The zero-order valence-corrected chi connectivity index (χ0v) is 10.1. The Balaban J connectivity index is 2.37. The second-order valence-corrected chi connectivity index (χ2v) is 4.99. The molecule has 1 fully saturated rings. The molecule has 3 N–H and O–H groups in total. The van der Waals surface area contributed by atoms with Crippen LogP contribution in [-0.4, -0.2) is 27.2 Å². The van der Waals surface area contributed by atoms with E-state index in [0.29, 0.717) is 24.6 Å². The second-order valence-electron chi connectivity index (χ2n) is 3.31. The van der Waals surface area contributed by atoms with Crippen molar-refractivity contribution in [2.24, 2.45) is 0 Å². The molecule has 0 aliphatic carbocycles. The average Bonchev–Trinajstić information content (AvgIpc) is 2.43. The smallest absolute Gasteiger partial charge is 0.229 e. The molecule has 1 amide bonds. The Morgan fingerprint density at radius 1 is 1.73 bits per heavy atom. The van der Waals surface area contributed by atoms with Crippen LogP contribution >= 0.6 is 28.1 Å². The maximum absolute atomic E-state index is 11.6. The van der Waals surface area contributed by atoms with Gasteiger partial charge in [-0.1, -0.05) is 15.9 Å². The quantitative estimate of drug-likeness (QED) is 0.602. The fraction of sp³-hybridized carbons (Fsp3) is 0.375. The Kier molecular flexibility index (Phi) is 2.74. The predicted octanol–water partition coefficient (Wildman–Crippen LogP) is 1.22. The van der Waals surface area contributed by atoms with Crippen LogP contribution in [0.1, 0.15) is 6.42 Å². The van der Waals surface area contributed by atoms with Gasteiger partial charge in [0, 0.05) is 23.9 Å². The molecule has 1 aromatic rings. The highest BCUT2D eigenvalue weighted by Gasteiger charge is 2.29. The van der Waals surface area contributed by atoms with Gasteiger partial charge in [-0.05, 0) is 12.2 Å². The summed E-state index contributed by atoms with van der Waals surface area (Å²) in [4.78, 5) is 20.1. The van der Waals surface area contributed by atoms with Crippen LogP contribution < -0.4 is 10.6 Å². The van der Waals surface area contributed by atoms with Crippen LogP contribution in [0.3, 0.4) is 0 Å². The summed E-state index contributed by atoms with van der Waals surface area (Å²) in [7, 11) is 0. The Labute approximate surface area is 99.8 Å². The van der Waals surface area contributed by atoms with Crippen molar-refractivity contribution in [2.45, 2.75) is 11.2 Å². The van der Waals surface area contributed by atoms with Crippen molar-refractivity contribution in [2.75, 3.05) is 17.2 Å². The standard InChI is InChI=1S/C8H9BrN4OS/c9-4-1-7(14)13(3-4)6-2-5(10)11-8(15)12-6/h2,4H,1,3H2,(H3,10,11,12,15). The lowest BCUT2D eigenvalue weighted by Crippen LogP contribution is -2.25. The summed E-state index contributed by atoms with van der Waals surface area (Å²) in [5, 5.41) is 0. The van der Waals surface area contributed by atoms with Crippen molar-refractivity contribution in [1.29, 1.82) is 0 Å². The van der Waals surface area contributed by atoms with E-state index >= 15 is 0 Å². The molecule has 0 spiro atoms. The lowest BCUT2D eigenvalue weighted by Gasteiger charge is -2.14. The van der Waals surface area contributed by atoms with Crippen molar-refractivity contribution in [3.63, 3.8) is 0 Å². The van der Waals surface area contributed by atoms with Crippen LogP contribution in [0.25, 0.3) is 0 Å². The van der Waals surface area contributed by atoms with Gasteiger partial charge in [0.25, 0.3) is 0 Å². The van der Waals surface area contributed by atoms with Crippen LogP contribution in [0.4, 0.5) is 11.6 Å². The summed E-state index contributed by atoms with van der Waals surface area (Å²) in [6, 6.07) is 1.61. The highest BCUT2D eigenvalue weighted by atomic mass is 79.9. The lowest BCUT2D eigenvalue weighted by molar-refractivity contribution is -0.117. The predicted molar refractivity (Wildman–Crippen MR) is 63.5 cm³/mol. The van der Waals surface area contributed by atoms with Gasteiger partial charge in [-0.15, -0.1) is 0 Å². The van der Waals surface area contributed by atoms with Gasteiger partial charge >= 0.3 is 0 Å². The molecule has 1 unspecified atom stereocenters. The van der Waals surface area contributed by atoms with Crippen LogP contribution in [0, 0.1) is 4.77 Å². The zero-order chi connectivity index (χ0) is 11.0. The van der Waals surface area contributed by atoms with E-state index in [1.807, 2.05) is 0 Å². The number of rotatable bonds is 1. The molecule has 80 valence electrons. The first kappa shape index (κ1) is 10.6. The molecule has 5 nitrogen and oxygen atoms in total. The molecule has 2 heterocycles. The van der Waals surface area contributed by atoms with E-state index in [-0.39, 0.29) is 15.5 Å². The number of nitrogens with two attached hydrogens (primary N) is 1. The number of halogens is 1. The minimum atomic E-state index is 0.0318. The molecule has 0 saturated carbocycles. The van der Waals surface area contributed by atoms with E-state index < -0.39 is 0 Å². The SMILES string of the molecule is Nc1cc(N2CC(Br)CC2=O)nc(=S)[nH]1. The summed E-state index contributed by atoms with van der Waals surface area (Å²) < 4.78 is 0.288. The molecule has 15 heavy (non-hydrogen) atoms. The fourth-order valence-electron chi connectivity index (χ4n) is 1.49. The van der Waals surface area contributed by atoms with Crippen molar-refractivity contribution in [3.8, 4) is 0 Å². The first-order chi connectivity index (χ1) is 7.06. The highest BCUT2D eigenvalue weighted by molar-refractivity contribution is 9.09. The number of nitrogens with zero attached hydrogens (tertiary/aromatic N) is 2. The summed E-state index contributed by atoms with van der Waals surface area (Å²) in [5.74, 6) is 0.961. The Bertz CT molecular complexity index is 460. The number of aromatic nitrogens is 2. The van der Waals surface area contributed by atoms with Crippen LogP contribution in [0.15, 0.2) is 6.07 Å². The van der Waals surface area contributed by atoms with Gasteiger partial charge in [0.05, 0.1) is 0 Å². The number of anilines is 2. The number of nitrogens with one attached hydrogen (secondary N) is 1. The molecule has 2 rings (SSSR count). The van der Waals surface area contributed by atoms with Crippen LogP contribution in [0.2, 0.25) is 0 Å². The third kappa shape index (κ3) is 2.18. The number of aromatic amines is 1. The molecule has 0 aromatic carbocycles. The van der Waals surface area contributed by atoms with E-state index in [2.05, 4.69) is 25.9 Å². The van der Waals surface area contributed by atoms with Crippen molar-refractivity contribution in [1.82, 2.24) is 9.97 Å². The number of carbonyl (C=O) groups is 1. The van der Waals surface area contributed by atoms with Gasteiger partial charge in [-0.25, -0.2) is 4.98 Å². The molecule has 7 heteroatoms. The molecule has 1 aliphatic rings. The van der Waals surface area contributed by atoms with Crippen molar-refractivity contribution < 1.29 is 4.79 Å². The number of amides is 1. The van der Waals surface area contributed by atoms with Crippen molar-refractivity contribution in [3.05, 3.63) is 10.8 Å². The third-order valence-corrected chi connectivity index (χ3v) is 2.91. The summed E-state index contributed by atoms with van der Waals surface area (Å²) in [6.45, 7) is 0.601. The van der Waals surface area contributed by atoms with Gasteiger partial charge in [0.2, 0.25) is 5.91 Å². The number of alkyl halides is 1. The molecular formula is C8H9BrN4OS.